The third-order valence-corrected chi connectivity index (χ3v) is 6.39. The molecule has 2 aromatic rings. The van der Waals surface area contributed by atoms with E-state index < -0.39 is 10.0 Å². The highest BCUT2D eigenvalue weighted by Gasteiger charge is 2.33. The summed E-state index contributed by atoms with van der Waals surface area (Å²) in [6.07, 6.45) is 1.91. The molecule has 2 heterocycles. The van der Waals surface area contributed by atoms with Crippen molar-refractivity contribution < 1.29 is 13.2 Å². The quantitative estimate of drug-likeness (QED) is 0.793. The van der Waals surface area contributed by atoms with Gasteiger partial charge < -0.3 is 9.64 Å². The summed E-state index contributed by atoms with van der Waals surface area (Å²) in [5.41, 5.74) is 2.54. The lowest BCUT2D eigenvalue weighted by Crippen LogP contribution is -2.46. The van der Waals surface area contributed by atoms with Crippen LogP contribution >= 0.6 is 0 Å². The lowest BCUT2D eigenvalue weighted by atomic mass is 9.89. The number of aryl methyl sites for hydroxylation is 1. The summed E-state index contributed by atoms with van der Waals surface area (Å²) < 4.78 is 33.9. The number of fused-ring (bicyclic) bond motifs is 1. The molecular weight excluding hydrogens is 374 g/mol. The molecule has 2 aromatic carbocycles. The van der Waals surface area contributed by atoms with Crippen LogP contribution in [0.2, 0.25) is 0 Å². The molecule has 0 saturated carbocycles. The van der Waals surface area contributed by atoms with Gasteiger partial charge in [-0.2, -0.15) is 5.26 Å². The lowest BCUT2D eigenvalue weighted by molar-refractivity contribution is 0.366. The van der Waals surface area contributed by atoms with E-state index in [4.69, 9.17) is 10.00 Å². The number of sulfonamides is 1. The van der Waals surface area contributed by atoms with Gasteiger partial charge in [-0.3, -0.25) is 0 Å². The van der Waals surface area contributed by atoms with Crippen LogP contribution < -0.4 is 4.74 Å². The van der Waals surface area contributed by atoms with Crippen LogP contribution in [0.3, 0.4) is 0 Å². The van der Waals surface area contributed by atoms with Gasteiger partial charge in [0.05, 0.1) is 17.4 Å². The molecule has 2 aliphatic rings. The highest BCUT2D eigenvalue weighted by Crippen LogP contribution is 2.33. The van der Waals surface area contributed by atoms with E-state index in [1.807, 2.05) is 31.2 Å². The third kappa shape index (κ3) is 3.73. The molecule has 0 spiro atoms. The van der Waals surface area contributed by atoms with E-state index in [-0.39, 0.29) is 11.7 Å². The van der Waals surface area contributed by atoms with Crippen molar-refractivity contribution in [2.75, 3.05) is 18.8 Å². The second kappa shape index (κ2) is 7.28. The monoisotopic (exact) mass is 395 g/mol. The first-order valence-electron chi connectivity index (χ1n) is 9.31. The van der Waals surface area contributed by atoms with Crippen LogP contribution in [0, 0.1) is 18.3 Å². The minimum Gasteiger partial charge on any atom is -0.457 e. The van der Waals surface area contributed by atoms with Crippen molar-refractivity contribution in [2.24, 2.45) is 4.40 Å². The van der Waals surface area contributed by atoms with Crippen LogP contribution in [-0.2, 0) is 10.0 Å². The number of rotatable bonds is 3. The van der Waals surface area contributed by atoms with Gasteiger partial charge in [0.25, 0.3) is 10.0 Å². The second-order valence-electron chi connectivity index (χ2n) is 7.18. The van der Waals surface area contributed by atoms with Crippen molar-refractivity contribution in [1.82, 2.24) is 4.90 Å². The first-order chi connectivity index (χ1) is 13.4. The number of hydrogen-bond acceptors (Lipinski definition) is 5. The predicted molar refractivity (Wildman–Crippen MR) is 107 cm³/mol. The number of piperidine rings is 1. The normalized spacial score (nSPS) is 20.6. The first-order valence-corrected chi connectivity index (χ1v) is 10.9. The smallest absolute Gasteiger partial charge is 0.256 e. The van der Waals surface area contributed by atoms with E-state index in [0.717, 1.165) is 30.5 Å². The fourth-order valence-electron chi connectivity index (χ4n) is 3.76. The van der Waals surface area contributed by atoms with Gasteiger partial charge in [-0.15, -0.1) is 4.40 Å². The number of ether oxygens (including phenoxy) is 1. The number of benzene rings is 2. The molecule has 1 saturated heterocycles. The fraction of sp³-hybridized carbons (Fsp3) is 0.333. The zero-order valence-corrected chi connectivity index (χ0v) is 16.4. The van der Waals surface area contributed by atoms with Gasteiger partial charge in [-0.25, -0.2) is 8.42 Å². The third-order valence-electron chi connectivity index (χ3n) is 5.22. The summed E-state index contributed by atoms with van der Waals surface area (Å²) in [4.78, 5) is 2.10. The molecular formula is C21H21N3O3S. The summed E-state index contributed by atoms with van der Waals surface area (Å²) in [5, 5.41) is 8.97. The average Bonchev–Trinajstić information content (AvgIpc) is 2.69. The summed E-state index contributed by atoms with van der Waals surface area (Å²) in [6.45, 7) is 3.30. The highest BCUT2D eigenvalue weighted by atomic mass is 32.2. The first kappa shape index (κ1) is 18.5. The Kier molecular flexibility index (Phi) is 4.82. The molecule has 0 bridgehead atoms. The minimum atomic E-state index is -3.35. The Balaban J connectivity index is 1.56. The minimum absolute atomic E-state index is 0.00507. The summed E-state index contributed by atoms with van der Waals surface area (Å²) in [6, 6.07) is 15.2. The lowest BCUT2D eigenvalue weighted by Gasteiger charge is -2.37. The molecule has 1 unspecified atom stereocenters. The van der Waals surface area contributed by atoms with Gasteiger partial charge in [0.2, 0.25) is 0 Å². The van der Waals surface area contributed by atoms with Crippen molar-refractivity contribution in [1.29, 1.82) is 5.26 Å². The van der Waals surface area contributed by atoms with Crippen molar-refractivity contribution in [2.45, 2.75) is 25.7 Å². The van der Waals surface area contributed by atoms with E-state index in [1.165, 1.54) is 0 Å². The van der Waals surface area contributed by atoms with Crippen LogP contribution in [0.5, 0.6) is 11.5 Å². The SMILES string of the molecule is Cc1cc(C#N)ccc1Oc1ccc(C2CCCN3CCS(=O)(=O)N=C23)cc1. The van der Waals surface area contributed by atoms with E-state index >= 15 is 0 Å². The Morgan fingerprint density at radius 3 is 2.68 bits per heavy atom. The predicted octanol–water partition coefficient (Wildman–Crippen LogP) is 3.58. The molecule has 0 aromatic heterocycles. The van der Waals surface area contributed by atoms with Crippen molar-refractivity contribution >= 4 is 15.9 Å². The van der Waals surface area contributed by atoms with E-state index in [1.54, 1.807) is 18.2 Å². The standard InChI is InChI=1S/C21H21N3O3S/c1-15-13-16(14-22)4-9-20(15)27-18-7-5-17(6-8-18)19-3-2-10-24-11-12-28(25,26)23-21(19)24/h4-9,13,19H,2-3,10-12H2,1H3. The van der Waals surface area contributed by atoms with Gasteiger partial charge in [-0.1, -0.05) is 12.1 Å². The molecule has 1 fully saturated rings. The number of hydrogen-bond donors (Lipinski definition) is 0. The van der Waals surface area contributed by atoms with Crippen LogP contribution in [0.25, 0.3) is 0 Å². The fourth-order valence-corrected chi connectivity index (χ4v) is 4.83. The molecule has 4 rings (SSSR count). The Morgan fingerprint density at radius 2 is 1.96 bits per heavy atom. The van der Waals surface area contributed by atoms with Gasteiger partial charge in [0.1, 0.15) is 17.3 Å². The van der Waals surface area contributed by atoms with E-state index in [0.29, 0.717) is 29.4 Å². The maximum atomic E-state index is 12.0. The van der Waals surface area contributed by atoms with Crippen molar-refractivity contribution in [3.8, 4) is 17.6 Å². The maximum absolute atomic E-state index is 12.0. The van der Waals surface area contributed by atoms with Gasteiger partial charge in [0, 0.05) is 19.0 Å². The number of nitriles is 1. The Hall–Kier alpha value is -2.85. The number of amidine groups is 1. The van der Waals surface area contributed by atoms with Crippen LogP contribution in [0.1, 0.15) is 35.4 Å². The Morgan fingerprint density at radius 1 is 1.18 bits per heavy atom. The average molecular weight is 395 g/mol. The van der Waals surface area contributed by atoms with Gasteiger partial charge >= 0.3 is 0 Å². The molecule has 1 atom stereocenters. The molecule has 144 valence electrons. The molecule has 0 aliphatic carbocycles. The molecule has 6 nitrogen and oxygen atoms in total. The molecule has 0 N–H and O–H groups in total. The summed E-state index contributed by atoms with van der Waals surface area (Å²) >= 11 is 0. The van der Waals surface area contributed by atoms with E-state index in [2.05, 4.69) is 15.4 Å². The molecule has 2 aliphatic heterocycles. The maximum Gasteiger partial charge on any atom is 0.256 e. The number of nitrogens with zero attached hydrogens (tertiary/aromatic N) is 3. The molecule has 28 heavy (non-hydrogen) atoms. The zero-order chi connectivity index (χ0) is 19.7. The van der Waals surface area contributed by atoms with Crippen LogP contribution in [0.4, 0.5) is 0 Å². The summed E-state index contributed by atoms with van der Waals surface area (Å²) in [7, 11) is -3.35. The summed E-state index contributed by atoms with van der Waals surface area (Å²) in [5.74, 6) is 2.17. The Bertz CT molecular complexity index is 1070. The largest absolute Gasteiger partial charge is 0.457 e. The van der Waals surface area contributed by atoms with Crippen LogP contribution in [-0.4, -0.2) is 38.0 Å². The van der Waals surface area contributed by atoms with E-state index in [9.17, 15) is 8.42 Å². The zero-order valence-electron chi connectivity index (χ0n) is 15.6. The van der Waals surface area contributed by atoms with Crippen molar-refractivity contribution in [3.05, 3.63) is 59.2 Å². The van der Waals surface area contributed by atoms with Gasteiger partial charge in [-0.05, 0) is 61.2 Å². The second-order valence-corrected chi connectivity index (χ2v) is 8.94. The molecule has 7 heteroatoms. The van der Waals surface area contributed by atoms with Crippen LogP contribution in [0.15, 0.2) is 46.9 Å². The topological polar surface area (TPSA) is 82.8 Å². The molecule has 0 radical (unpaired) electrons. The highest BCUT2D eigenvalue weighted by molar-refractivity contribution is 7.90. The van der Waals surface area contributed by atoms with Gasteiger partial charge in [0.15, 0.2) is 0 Å². The Labute approximate surface area is 165 Å². The molecule has 0 amide bonds. The van der Waals surface area contributed by atoms with Crippen molar-refractivity contribution in [3.63, 3.8) is 0 Å².